The van der Waals surface area contributed by atoms with Crippen LogP contribution in [0.3, 0.4) is 0 Å². The summed E-state index contributed by atoms with van der Waals surface area (Å²) >= 11 is 0. The lowest BCUT2D eigenvalue weighted by Gasteiger charge is -2.19. The summed E-state index contributed by atoms with van der Waals surface area (Å²) in [4.78, 5) is 12.1. The van der Waals surface area contributed by atoms with Crippen molar-refractivity contribution in [2.24, 2.45) is 0 Å². The van der Waals surface area contributed by atoms with Gasteiger partial charge in [-0.3, -0.25) is 4.79 Å². The highest BCUT2D eigenvalue weighted by Crippen LogP contribution is 2.30. The van der Waals surface area contributed by atoms with Crippen LogP contribution in [0.1, 0.15) is 24.9 Å². The van der Waals surface area contributed by atoms with Crippen LogP contribution in [0.4, 0.5) is 0 Å². The molecular weight excluding hydrogens is 306 g/mol. The molecule has 0 bridgehead atoms. The van der Waals surface area contributed by atoms with Crippen LogP contribution < -0.4 is 19.5 Å². The Balaban J connectivity index is 1.99. The zero-order valence-corrected chi connectivity index (χ0v) is 14.2. The Labute approximate surface area is 142 Å². The molecule has 5 heteroatoms. The largest absolute Gasteiger partial charge is 0.493 e. The molecule has 0 aliphatic rings. The molecule has 0 spiro atoms. The molecule has 0 fully saturated rings. The number of nitrogens with one attached hydrogen (secondary N) is 1. The number of benzene rings is 2. The minimum absolute atomic E-state index is 0.0200. The third-order valence-corrected chi connectivity index (χ3v) is 3.67. The highest BCUT2D eigenvalue weighted by molar-refractivity contribution is 5.78. The zero-order chi connectivity index (χ0) is 17.4. The summed E-state index contributed by atoms with van der Waals surface area (Å²) in [5.74, 6) is 1.81. The van der Waals surface area contributed by atoms with E-state index in [0.29, 0.717) is 17.2 Å². The van der Waals surface area contributed by atoms with Crippen LogP contribution in [0.25, 0.3) is 0 Å². The first-order chi connectivity index (χ1) is 11.7. The minimum Gasteiger partial charge on any atom is -0.493 e. The monoisotopic (exact) mass is 329 g/mol. The third kappa shape index (κ3) is 4.65. The van der Waals surface area contributed by atoms with Crippen molar-refractivity contribution in [3.8, 4) is 17.2 Å². The van der Waals surface area contributed by atoms with E-state index < -0.39 is 0 Å². The van der Waals surface area contributed by atoms with Crippen molar-refractivity contribution < 1.29 is 19.0 Å². The number of methoxy groups -OCH3 is 2. The molecule has 0 aliphatic heterocycles. The van der Waals surface area contributed by atoms with Gasteiger partial charge in [0.2, 0.25) is 0 Å². The van der Waals surface area contributed by atoms with Crippen molar-refractivity contribution in [3.05, 3.63) is 54.1 Å². The molecule has 1 N–H and O–H groups in total. The van der Waals surface area contributed by atoms with Gasteiger partial charge in [0.05, 0.1) is 20.3 Å². The van der Waals surface area contributed by atoms with Crippen LogP contribution in [-0.2, 0) is 4.79 Å². The fourth-order valence-electron chi connectivity index (χ4n) is 2.39. The fourth-order valence-corrected chi connectivity index (χ4v) is 2.39. The van der Waals surface area contributed by atoms with Gasteiger partial charge in [-0.05, 0) is 36.2 Å². The summed E-state index contributed by atoms with van der Waals surface area (Å²) in [7, 11) is 3.19. The van der Waals surface area contributed by atoms with Crippen molar-refractivity contribution in [1.82, 2.24) is 5.32 Å². The maximum absolute atomic E-state index is 12.1. The summed E-state index contributed by atoms with van der Waals surface area (Å²) < 4.78 is 16.0. The summed E-state index contributed by atoms with van der Waals surface area (Å²) in [6, 6.07) is 14.8. The van der Waals surface area contributed by atoms with Gasteiger partial charge in [-0.15, -0.1) is 0 Å². The van der Waals surface area contributed by atoms with E-state index in [1.54, 1.807) is 14.2 Å². The number of para-hydroxylation sites is 1. The normalized spacial score (nSPS) is 11.5. The number of amides is 1. The predicted octanol–water partition coefficient (Wildman–Crippen LogP) is 3.35. The van der Waals surface area contributed by atoms with E-state index in [4.69, 9.17) is 14.2 Å². The highest BCUT2D eigenvalue weighted by Gasteiger charge is 2.15. The molecule has 2 aromatic carbocycles. The van der Waals surface area contributed by atoms with Gasteiger partial charge < -0.3 is 19.5 Å². The number of carbonyl (C=O) groups excluding carboxylic acids is 1. The van der Waals surface area contributed by atoms with Gasteiger partial charge >= 0.3 is 0 Å². The number of hydrogen-bond donors (Lipinski definition) is 1. The Morgan fingerprint density at radius 1 is 1.04 bits per heavy atom. The molecule has 2 aromatic rings. The van der Waals surface area contributed by atoms with Crippen LogP contribution in [0.15, 0.2) is 48.5 Å². The van der Waals surface area contributed by atoms with Gasteiger partial charge in [-0.2, -0.15) is 0 Å². The second-order valence-corrected chi connectivity index (χ2v) is 5.24. The first-order valence-electron chi connectivity index (χ1n) is 7.87. The Morgan fingerprint density at radius 2 is 1.75 bits per heavy atom. The summed E-state index contributed by atoms with van der Waals surface area (Å²) in [6.45, 7) is 1.99. The van der Waals surface area contributed by atoms with E-state index in [0.717, 1.165) is 12.0 Å². The second kappa shape index (κ2) is 8.82. The summed E-state index contributed by atoms with van der Waals surface area (Å²) in [6.07, 6.45) is 0.757. The Bertz CT molecular complexity index is 658. The van der Waals surface area contributed by atoms with E-state index in [1.807, 2.05) is 55.5 Å². The Kier molecular flexibility index (Phi) is 6.49. The molecule has 0 saturated heterocycles. The lowest BCUT2D eigenvalue weighted by Crippen LogP contribution is -2.32. The van der Waals surface area contributed by atoms with Gasteiger partial charge in [0.15, 0.2) is 18.1 Å². The molecule has 2 rings (SSSR count). The van der Waals surface area contributed by atoms with Gasteiger partial charge in [-0.1, -0.05) is 31.2 Å². The molecule has 24 heavy (non-hydrogen) atoms. The molecule has 0 aliphatic carbocycles. The summed E-state index contributed by atoms with van der Waals surface area (Å²) in [5.41, 5.74) is 0.961. The standard InChI is InChI=1S/C19H23NO4/c1-4-16(14-10-11-17(22-2)18(12-14)23-3)20-19(21)13-24-15-8-6-5-7-9-15/h5-12,16H,4,13H2,1-3H3,(H,20,21)/t16-/m0/s1. The second-order valence-electron chi connectivity index (χ2n) is 5.24. The van der Waals surface area contributed by atoms with Crippen molar-refractivity contribution in [1.29, 1.82) is 0 Å². The Hall–Kier alpha value is -2.69. The third-order valence-electron chi connectivity index (χ3n) is 3.67. The molecule has 0 heterocycles. The molecule has 1 atom stereocenters. The number of ether oxygens (including phenoxy) is 3. The topological polar surface area (TPSA) is 56.8 Å². The number of rotatable bonds is 8. The van der Waals surface area contributed by atoms with Crippen LogP contribution >= 0.6 is 0 Å². The van der Waals surface area contributed by atoms with E-state index in [9.17, 15) is 4.79 Å². The number of carbonyl (C=O) groups is 1. The van der Waals surface area contributed by atoms with Crippen molar-refractivity contribution in [3.63, 3.8) is 0 Å². The SMILES string of the molecule is CC[C@H](NC(=O)COc1ccccc1)c1ccc(OC)c(OC)c1. The highest BCUT2D eigenvalue weighted by atomic mass is 16.5. The number of hydrogen-bond acceptors (Lipinski definition) is 4. The average molecular weight is 329 g/mol. The molecule has 1 amide bonds. The van der Waals surface area contributed by atoms with Gasteiger partial charge in [-0.25, -0.2) is 0 Å². The molecule has 0 unspecified atom stereocenters. The smallest absolute Gasteiger partial charge is 0.258 e. The maximum atomic E-state index is 12.1. The fraction of sp³-hybridized carbons (Fsp3) is 0.316. The van der Waals surface area contributed by atoms with Crippen LogP contribution in [-0.4, -0.2) is 26.7 Å². The first-order valence-corrected chi connectivity index (χ1v) is 7.87. The lowest BCUT2D eigenvalue weighted by molar-refractivity contribution is -0.123. The van der Waals surface area contributed by atoms with Crippen LogP contribution in [0, 0.1) is 0 Å². The van der Waals surface area contributed by atoms with Gasteiger partial charge in [0.1, 0.15) is 5.75 Å². The quantitative estimate of drug-likeness (QED) is 0.807. The minimum atomic E-state index is -0.166. The average Bonchev–Trinajstić information content (AvgIpc) is 2.64. The molecule has 0 aromatic heterocycles. The first kappa shape index (κ1) is 17.7. The molecule has 5 nitrogen and oxygen atoms in total. The van der Waals surface area contributed by atoms with Crippen molar-refractivity contribution >= 4 is 5.91 Å². The van der Waals surface area contributed by atoms with Crippen LogP contribution in [0.2, 0.25) is 0 Å². The van der Waals surface area contributed by atoms with Crippen molar-refractivity contribution in [2.45, 2.75) is 19.4 Å². The van der Waals surface area contributed by atoms with Gasteiger partial charge in [0.25, 0.3) is 5.91 Å². The lowest BCUT2D eigenvalue weighted by atomic mass is 10.0. The van der Waals surface area contributed by atoms with E-state index in [2.05, 4.69) is 5.32 Å². The zero-order valence-electron chi connectivity index (χ0n) is 14.2. The maximum Gasteiger partial charge on any atom is 0.258 e. The van der Waals surface area contributed by atoms with E-state index in [-0.39, 0.29) is 18.6 Å². The van der Waals surface area contributed by atoms with E-state index in [1.165, 1.54) is 0 Å². The molecule has 0 radical (unpaired) electrons. The predicted molar refractivity (Wildman–Crippen MR) is 92.7 cm³/mol. The molecular formula is C19H23NO4. The van der Waals surface area contributed by atoms with E-state index >= 15 is 0 Å². The van der Waals surface area contributed by atoms with Crippen molar-refractivity contribution in [2.75, 3.05) is 20.8 Å². The summed E-state index contributed by atoms with van der Waals surface area (Å²) in [5, 5.41) is 2.98. The Morgan fingerprint density at radius 3 is 2.38 bits per heavy atom. The molecule has 0 saturated carbocycles. The molecule has 128 valence electrons. The van der Waals surface area contributed by atoms with Crippen LogP contribution in [0.5, 0.6) is 17.2 Å². The van der Waals surface area contributed by atoms with Gasteiger partial charge in [0, 0.05) is 0 Å².